The molecule has 98 valence electrons. The number of carbonyl (C=O) groups is 2. The number of hydrogen-bond donors (Lipinski definition) is 1. The van der Waals surface area contributed by atoms with E-state index in [1.54, 1.807) is 0 Å². The third-order valence-electron chi connectivity index (χ3n) is 3.12. The van der Waals surface area contributed by atoms with E-state index < -0.39 is 12.0 Å². The number of carbonyl (C=O) groups excluding carboxylic acids is 1. The molecule has 1 aliphatic heterocycles. The molecule has 1 unspecified atom stereocenters. The molecule has 0 spiro atoms. The second kappa shape index (κ2) is 5.61. The van der Waals surface area contributed by atoms with Crippen LogP contribution in [-0.4, -0.2) is 49.2 Å². The summed E-state index contributed by atoms with van der Waals surface area (Å²) >= 11 is 0. The van der Waals surface area contributed by atoms with Crippen LogP contribution in [0.4, 0.5) is 0 Å². The number of aromatic nitrogens is 3. The highest BCUT2D eigenvalue weighted by Crippen LogP contribution is 2.17. The highest BCUT2D eigenvalue weighted by Gasteiger charge is 2.30. The predicted molar refractivity (Wildman–Crippen MR) is 61.6 cm³/mol. The first kappa shape index (κ1) is 12.5. The summed E-state index contributed by atoms with van der Waals surface area (Å²) in [6.07, 6.45) is 6.00. The van der Waals surface area contributed by atoms with Gasteiger partial charge in [0.05, 0.1) is 0 Å². The van der Waals surface area contributed by atoms with E-state index in [1.165, 1.54) is 22.2 Å². The van der Waals surface area contributed by atoms with Crippen molar-refractivity contribution in [2.75, 3.05) is 6.54 Å². The van der Waals surface area contributed by atoms with Crippen molar-refractivity contribution >= 4 is 11.9 Å². The summed E-state index contributed by atoms with van der Waals surface area (Å²) in [5, 5.41) is 13.0. The topological polar surface area (TPSA) is 88.3 Å². The van der Waals surface area contributed by atoms with Crippen molar-refractivity contribution < 1.29 is 14.7 Å². The van der Waals surface area contributed by atoms with Gasteiger partial charge in [0.1, 0.15) is 25.2 Å². The lowest BCUT2D eigenvalue weighted by Gasteiger charge is -2.26. The van der Waals surface area contributed by atoms with Crippen LogP contribution in [0.5, 0.6) is 0 Å². The molecule has 1 fully saturated rings. The van der Waals surface area contributed by atoms with Gasteiger partial charge in [0.25, 0.3) is 0 Å². The van der Waals surface area contributed by atoms with Crippen LogP contribution in [0.2, 0.25) is 0 Å². The van der Waals surface area contributed by atoms with Crippen molar-refractivity contribution in [1.82, 2.24) is 19.7 Å². The molecule has 0 radical (unpaired) electrons. The van der Waals surface area contributed by atoms with Crippen molar-refractivity contribution in [2.45, 2.75) is 38.3 Å². The van der Waals surface area contributed by atoms with E-state index in [4.69, 9.17) is 0 Å². The number of aliphatic carboxylic acids is 1. The van der Waals surface area contributed by atoms with E-state index in [9.17, 15) is 14.7 Å². The summed E-state index contributed by atoms with van der Waals surface area (Å²) in [6, 6.07) is -0.705. The zero-order chi connectivity index (χ0) is 13.0. The van der Waals surface area contributed by atoms with Crippen molar-refractivity contribution in [2.24, 2.45) is 0 Å². The van der Waals surface area contributed by atoms with Crippen molar-refractivity contribution in [3.8, 4) is 0 Å². The number of likely N-dealkylation sites (tertiary alicyclic amines) is 1. The van der Waals surface area contributed by atoms with Crippen LogP contribution in [0, 0.1) is 0 Å². The summed E-state index contributed by atoms with van der Waals surface area (Å²) < 4.78 is 1.41. The van der Waals surface area contributed by atoms with Crippen molar-refractivity contribution in [1.29, 1.82) is 0 Å². The quantitative estimate of drug-likeness (QED) is 0.826. The maximum Gasteiger partial charge on any atom is 0.326 e. The normalized spacial score (nSPS) is 20.4. The van der Waals surface area contributed by atoms with Gasteiger partial charge in [-0.25, -0.2) is 14.5 Å². The molecule has 1 aromatic heterocycles. The van der Waals surface area contributed by atoms with Crippen LogP contribution in [-0.2, 0) is 16.1 Å². The van der Waals surface area contributed by atoms with Gasteiger partial charge in [0.15, 0.2) is 0 Å². The second-order valence-electron chi connectivity index (χ2n) is 4.38. The molecule has 0 saturated carbocycles. The van der Waals surface area contributed by atoms with Crippen LogP contribution in [0.25, 0.3) is 0 Å². The van der Waals surface area contributed by atoms with E-state index in [1.807, 2.05) is 0 Å². The third-order valence-corrected chi connectivity index (χ3v) is 3.12. The fourth-order valence-corrected chi connectivity index (χ4v) is 2.21. The lowest BCUT2D eigenvalue weighted by molar-refractivity contribution is -0.150. The highest BCUT2D eigenvalue weighted by atomic mass is 16.4. The Hall–Kier alpha value is -1.92. The monoisotopic (exact) mass is 252 g/mol. The summed E-state index contributed by atoms with van der Waals surface area (Å²) in [7, 11) is 0. The van der Waals surface area contributed by atoms with Gasteiger partial charge in [-0.1, -0.05) is 12.8 Å². The number of nitrogens with zero attached hydrogens (tertiary/aromatic N) is 4. The fraction of sp³-hybridized carbons (Fsp3) is 0.636. The first-order valence-electron chi connectivity index (χ1n) is 6.03. The maximum atomic E-state index is 12.1. The number of carboxylic acid groups (broad SMARTS) is 1. The minimum Gasteiger partial charge on any atom is -0.480 e. The molecule has 0 bridgehead atoms. The van der Waals surface area contributed by atoms with Crippen LogP contribution in [0.15, 0.2) is 12.7 Å². The molecule has 2 heterocycles. The lowest BCUT2D eigenvalue weighted by atomic mass is 10.1. The average molecular weight is 252 g/mol. The third kappa shape index (κ3) is 2.85. The molecule has 1 aromatic rings. The SMILES string of the molecule is O=C(O)C1CCCCCN1C(=O)Cn1cncn1. The standard InChI is InChI=1S/C11H16N4O3/c16-10(6-14-8-12-7-13-14)15-5-3-1-2-4-9(15)11(17)18/h7-9H,1-6H2,(H,17,18). The summed E-state index contributed by atoms with van der Waals surface area (Å²) in [6.45, 7) is 0.550. The molecule has 7 nitrogen and oxygen atoms in total. The molecule has 1 amide bonds. The molecule has 0 aromatic carbocycles. The van der Waals surface area contributed by atoms with Crippen LogP contribution >= 0.6 is 0 Å². The fourth-order valence-electron chi connectivity index (χ4n) is 2.21. The van der Waals surface area contributed by atoms with E-state index in [-0.39, 0.29) is 12.5 Å². The Balaban J connectivity index is 2.07. The second-order valence-corrected chi connectivity index (χ2v) is 4.38. The van der Waals surface area contributed by atoms with Crippen LogP contribution < -0.4 is 0 Å². The van der Waals surface area contributed by atoms with Crippen LogP contribution in [0.3, 0.4) is 0 Å². The maximum absolute atomic E-state index is 12.1. The van der Waals surface area contributed by atoms with E-state index >= 15 is 0 Å². The van der Waals surface area contributed by atoms with E-state index in [2.05, 4.69) is 10.1 Å². The van der Waals surface area contributed by atoms with Crippen molar-refractivity contribution in [3.63, 3.8) is 0 Å². The summed E-state index contributed by atoms with van der Waals surface area (Å²) in [5.74, 6) is -1.14. The molecular weight excluding hydrogens is 236 g/mol. The predicted octanol–water partition coefficient (Wildman–Crippen LogP) is 0.134. The van der Waals surface area contributed by atoms with E-state index in [0.29, 0.717) is 13.0 Å². The zero-order valence-corrected chi connectivity index (χ0v) is 10.0. The van der Waals surface area contributed by atoms with Gasteiger partial charge in [-0.2, -0.15) is 5.10 Å². The number of hydrogen-bond acceptors (Lipinski definition) is 4. The molecule has 1 atom stereocenters. The van der Waals surface area contributed by atoms with E-state index in [0.717, 1.165) is 19.3 Å². The van der Waals surface area contributed by atoms with Gasteiger partial charge in [0.2, 0.25) is 5.91 Å². The molecule has 7 heteroatoms. The molecule has 2 rings (SSSR count). The Kier molecular flexibility index (Phi) is 3.91. The number of carboxylic acids is 1. The molecule has 18 heavy (non-hydrogen) atoms. The Bertz CT molecular complexity index is 418. The first-order chi connectivity index (χ1) is 8.68. The van der Waals surface area contributed by atoms with Gasteiger partial charge in [-0.3, -0.25) is 4.79 Å². The smallest absolute Gasteiger partial charge is 0.326 e. The van der Waals surface area contributed by atoms with Gasteiger partial charge >= 0.3 is 5.97 Å². The summed E-state index contributed by atoms with van der Waals surface area (Å²) in [4.78, 5) is 28.5. The Morgan fingerprint density at radius 3 is 2.83 bits per heavy atom. The van der Waals surface area contributed by atoms with Gasteiger partial charge in [-0.05, 0) is 12.8 Å². The number of rotatable bonds is 3. The molecule has 0 aliphatic carbocycles. The molecular formula is C11H16N4O3. The Labute approximate surface area is 104 Å². The largest absolute Gasteiger partial charge is 0.480 e. The Morgan fingerprint density at radius 1 is 1.33 bits per heavy atom. The average Bonchev–Trinajstić information content (AvgIpc) is 2.70. The minimum atomic E-state index is -0.927. The van der Waals surface area contributed by atoms with Gasteiger partial charge in [0, 0.05) is 6.54 Å². The van der Waals surface area contributed by atoms with Crippen molar-refractivity contribution in [3.05, 3.63) is 12.7 Å². The zero-order valence-electron chi connectivity index (χ0n) is 10.0. The first-order valence-corrected chi connectivity index (χ1v) is 6.03. The molecule has 1 aliphatic rings. The lowest BCUT2D eigenvalue weighted by Crippen LogP contribution is -2.46. The molecule has 1 N–H and O–H groups in total. The van der Waals surface area contributed by atoms with Crippen LogP contribution in [0.1, 0.15) is 25.7 Å². The highest BCUT2D eigenvalue weighted by molar-refractivity contribution is 5.83. The molecule has 1 saturated heterocycles. The minimum absolute atomic E-state index is 0.0454. The van der Waals surface area contributed by atoms with Gasteiger partial charge < -0.3 is 10.0 Å². The summed E-state index contributed by atoms with van der Waals surface area (Å²) in [5.41, 5.74) is 0. The van der Waals surface area contributed by atoms with Gasteiger partial charge in [-0.15, -0.1) is 0 Å². The number of amides is 1. The Morgan fingerprint density at radius 2 is 2.17 bits per heavy atom.